The third-order valence-electron chi connectivity index (χ3n) is 7.05. The van der Waals surface area contributed by atoms with Crippen molar-refractivity contribution in [3.8, 4) is 0 Å². The highest BCUT2D eigenvalue weighted by Crippen LogP contribution is 2.54. The Morgan fingerprint density at radius 2 is 1.76 bits per heavy atom. The highest BCUT2D eigenvalue weighted by molar-refractivity contribution is 5.84. The van der Waals surface area contributed by atoms with E-state index in [0.29, 0.717) is 19.6 Å². The molecule has 2 aliphatic heterocycles. The Morgan fingerprint density at radius 3 is 2.34 bits per heavy atom. The maximum absolute atomic E-state index is 13.5. The fraction of sp³-hybridized carbons (Fsp3) is 0.652. The molecule has 0 aromatic heterocycles. The van der Waals surface area contributed by atoms with Crippen LogP contribution in [0.3, 0.4) is 0 Å². The summed E-state index contributed by atoms with van der Waals surface area (Å²) in [5.74, 6) is 0.433. The van der Waals surface area contributed by atoms with E-state index in [1.807, 2.05) is 47.0 Å². The van der Waals surface area contributed by atoms with E-state index in [4.69, 9.17) is 0 Å². The minimum atomic E-state index is -0.370. The predicted octanol–water partition coefficient (Wildman–Crippen LogP) is 1.70. The number of aliphatic hydroxyl groups is 1. The number of rotatable bonds is 5. The van der Waals surface area contributed by atoms with Crippen molar-refractivity contribution in [2.45, 2.75) is 49.6 Å². The van der Waals surface area contributed by atoms with Gasteiger partial charge in [0.05, 0.1) is 24.7 Å². The molecule has 29 heavy (non-hydrogen) atoms. The summed E-state index contributed by atoms with van der Waals surface area (Å²) in [6.07, 6.45) is 5.32. The number of amides is 2. The Labute approximate surface area is 173 Å². The number of hydrogen-bond acceptors (Lipinski definition) is 4. The minimum Gasteiger partial charge on any atom is -0.394 e. The molecule has 0 bridgehead atoms. The van der Waals surface area contributed by atoms with Crippen LogP contribution in [0.5, 0.6) is 0 Å². The van der Waals surface area contributed by atoms with Gasteiger partial charge in [0.15, 0.2) is 0 Å². The third kappa shape index (κ3) is 3.46. The monoisotopic (exact) mass is 399 g/mol. The van der Waals surface area contributed by atoms with E-state index in [-0.39, 0.29) is 41.8 Å². The van der Waals surface area contributed by atoms with Gasteiger partial charge in [-0.2, -0.15) is 0 Å². The number of nitrogens with zero attached hydrogens (tertiary/aromatic N) is 3. The first-order valence-corrected chi connectivity index (χ1v) is 10.9. The number of carbonyl (C=O) groups is 2. The van der Waals surface area contributed by atoms with Crippen LogP contribution in [-0.4, -0.2) is 83.5 Å². The van der Waals surface area contributed by atoms with E-state index in [0.717, 1.165) is 31.2 Å². The Hall–Kier alpha value is -1.92. The Kier molecular flexibility index (Phi) is 5.67. The molecule has 1 N–H and O–H groups in total. The van der Waals surface area contributed by atoms with Gasteiger partial charge < -0.3 is 19.8 Å². The van der Waals surface area contributed by atoms with E-state index in [9.17, 15) is 14.7 Å². The lowest BCUT2D eigenvalue weighted by atomic mass is 9.60. The van der Waals surface area contributed by atoms with Crippen molar-refractivity contribution in [3.63, 3.8) is 0 Å². The van der Waals surface area contributed by atoms with Gasteiger partial charge in [-0.05, 0) is 32.5 Å². The van der Waals surface area contributed by atoms with Gasteiger partial charge in [0.1, 0.15) is 0 Å². The molecular formula is C23H33N3O3. The summed E-state index contributed by atoms with van der Waals surface area (Å²) >= 11 is 0. The molecule has 0 unspecified atom stereocenters. The van der Waals surface area contributed by atoms with Crippen LogP contribution in [0, 0.1) is 5.92 Å². The molecule has 0 radical (unpaired) electrons. The van der Waals surface area contributed by atoms with Crippen molar-refractivity contribution in [2.24, 2.45) is 5.92 Å². The van der Waals surface area contributed by atoms with Gasteiger partial charge in [-0.3, -0.25) is 9.59 Å². The Morgan fingerprint density at radius 1 is 1.10 bits per heavy atom. The molecule has 158 valence electrons. The summed E-state index contributed by atoms with van der Waals surface area (Å²) < 4.78 is 0. The molecule has 1 aromatic rings. The van der Waals surface area contributed by atoms with Gasteiger partial charge in [-0.25, -0.2) is 0 Å². The van der Waals surface area contributed by atoms with Crippen LogP contribution in [-0.2, 0) is 9.59 Å². The second kappa shape index (κ2) is 8.07. The smallest absolute Gasteiger partial charge is 0.236 e. The number of hydrogen-bond donors (Lipinski definition) is 1. The Bertz CT molecular complexity index is 739. The lowest BCUT2D eigenvalue weighted by Crippen LogP contribution is -2.86. The van der Waals surface area contributed by atoms with Crippen LogP contribution in [0.25, 0.3) is 0 Å². The maximum Gasteiger partial charge on any atom is 0.236 e. The summed E-state index contributed by atoms with van der Waals surface area (Å²) in [6, 6.07) is 9.98. The fourth-order valence-electron chi connectivity index (χ4n) is 5.72. The van der Waals surface area contributed by atoms with Crippen LogP contribution >= 0.6 is 0 Å². The molecule has 6 nitrogen and oxygen atoms in total. The first kappa shape index (κ1) is 20.4. The van der Waals surface area contributed by atoms with Crippen LogP contribution in [0.15, 0.2) is 30.3 Å². The lowest BCUT2D eigenvalue weighted by Gasteiger charge is -2.71. The molecule has 2 amide bonds. The van der Waals surface area contributed by atoms with Crippen molar-refractivity contribution in [1.29, 1.82) is 0 Å². The molecule has 1 aromatic carbocycles. The molecule has 6 heteroatoms. The number of benzene rings is 1. The summed E-state index contributed by atoms with van der Waals surface area (Å²) in [4.78, 5) is 31.8. The molecular weight excluding hydrogens is 366 g/mol. The number of carbonyl (C=O) groups excluding carboxylic acids is 2. The van der Waals surface area contributed by atoms with Gasteiger partial charge >= 0.3 is 0 Å². The van der Waals surface area contributed by atoms with E-state index >= 15 is 0 Å². The van der Waals surface area contributed by atoms with Gasteiger partial charge in [-0.1, -0.05) is 49.6 Å². The molecule has 2 saturated heterocycles. The summed E-state index contributed by atoms with van der Waals surface area (Å²) in [5.41, 5.74) is 0.782. The average molecular weight is 400 g/mol. The molecule has 4 rings (SSSR count). The molecule has 2 atom stereocenters. The molecule has 1 spiro atoms. The zero-order chi connectivity index (χ0) is 20.6. The van der Waals surface area contributed by atoms with Gasteiger partial charge in [0.2, 0.25) is 11.8 Å². The van der Waals surface area contributed by atoms with Crippen molar-refractivity contribution < 1.29 is 14.7 Å². The summed E-state index contributed by atoms with van der Waals surface area (Å²) in [6.45, 7) is 1.47. The molecule has 1 aliphatic carbocycles. The molecule has 1 saturated carbocycles. The van der Waals surface area contributed by atoms with Crippen molar-refractivity contribution in [2.75, 3.05) is 40.3 Å². The average Bonchev–Trinajstić information content (AvgIpc) is 2.67. The normalized spacial score (nSPS) is 26.3. The highest BCUT2D eigenvalue weighted by Gasteiger charge is 2.68. The second-order valence-electron chi connectivity index (χ2n) is 9.27. The predicted molar refractivity (Wildman–Crippen MR) is 111 cm³/mol. The SMILES string of the molecule is CN(C)CC(=O)N1CC2(C1)[C@@H](c1ccccc1)[C@@H](CO)N2C(=O)C1CCCCC1. The Balaban J connectivity index is 1.59. The zero-order valence-corrected chi connectivity index (χ0v) is 17.6. The summed E-state index contributed by atoms with van der Waals surface area (Å²) in [7, 11) is 3.79. The third-order valence-corrected chi connectivity index (χ3v) is 7.05. The largest absolute Gasteiger partial charge is 0.394 e. The van der Waals surface area contributed by atoms with E-state index in [1.165, 1.54) is 6.42 Å². The van der Waals surface area contributed by atoms with E-state index < -0.39 is 0 Å². The quantitative estimate of drug-likeness (QED) is 0.819. The van der Waals surface area contributed by atoms with E-state index in [2.05, 4.69) is 12.1 Å². The zero-order valence-electron chi connectivity index (χ0n) is 17.6. The number of likely N-dealkylation sites (N-methyl/N-ethyl adjacent to an activating group) is 1. The number of likely N-dealkylation sites (tertiary alicyclic amines) is 2. The first-order valence-electron chi connectivity index (χ1n) is 10.9. The van der Waals surface area contributed by atoms with Gasteiger partial charge in [0.25, 0.3) is 0 Å². The van der Waals surface area contributed by atoms with Crippen LogP contribution in [0.2, 0.25) is 0 Å². The molecule has 2 heterocycles. The topological polar surface area (TPSA) is 64.1 Å². The lowest BCUT2D eigenvalue weighted by molar-refractivity contribution is -0.206. The minimum absolute atomic E-state index is 0.0363. The van der Waals surface area contributed by atoms with Crippen molar-refractivity contribution >= 4 is 11.8 Å². The van der Waals surface area contributed by atoms with Crippen LogP contribution < -0.4 is 0 Å². The van der Waals surface area contributed by atoms with E-state index in [1.54, 1.807) is 0 Å². The van der Waals surface area contributed by atoms with Crippen molar-refractivity contribution in [1.82, 2.24) is 14.7 Å². The second-order valence-corrected chi connectivity index (χ2v) is 9.27. The number of aliphatic hydroxyl groups excluding tert-OH is 1. The summed E-state index contributed by atoms with van der Waals surface area (Å²) in [5, 5.41) is 10.2. The maximum atomic E-state index is 13.5. The van der Waals surface area contributed by atoms with Gasteiger partial charge in [0, 0.05) is 24.9 Å². The molecule has 3 aliphatic rings. The first-order chi connectivity index (χ1) is 14.0. The molecule has 3 fully saturated rings. The highest BCUT2D eigenvalue weighted by atomic mass is 16.3. The van der Waals surface area contributed by atoms with Gasteiger partial charge in [-0.15, -0.1) is 0 Å². The standard InChI is InChI=1S/C23H33N3O3/c1-24(2)13-20(28)25-15-23(16-25)21(17-9-5-3-6-10-17)19(14-27)26(23)22(29)18-11-7-4-8-12-18/h3,5-6,9-10,18-19,21,27H,4,7-8,11-16H2,1-2H3/t19-,21+/m1/s1. The van der Waals surface area contributed by atoms with Crippen LogP contribution in [0.4, 0.5) is 0 Å². The fourth-order valence-corrected chi connectivity index (χ4v) is 5.72. The van der Waals surface area contributed by atoms with Crippen LogP contribution in [0.1, 0.15) is 43.6 Å². The van der Waals surface area contributed by atoms with Crippen molar-refractivity contribution in [3.05, 3.63) is 35.9 Å².